The summed E-state index contributed by atoms with van der Waals surface area (Å²) in [4.78, 5) is 18.0. The van der Waals surface area contributed by atoms with E-state index in [-0.39, 0.29) is 11.3 Å². The number of thioether (sulfide) groups is 1. The van der Waals surface area contributed by atoms with E-state index in [0.29, 0.717) is 22.2 Å². The second kappa shape index (κ2) is 10.0. The molecule has 3 aromatic heterocycles. The molecule has 4 aromatic rings. The Morgan fingerprint density at radius 3 is 2.78 bits per heavy atom. The smallest absolute Gasteiger partial charge is 0.226 e. The van der Waals surface area contributed by atoms with Crippen molar-refractivity contribution in [2.45, 2.75) is 65.9 Å². The number of fused-ring (bicyclic) bond motifs is 2. The van der Waals surface area contributed by atoms with Crippen LogP contribution in [0.2, 0.25) is 5.28 Å². The van der Waals surface area contributed by atoms with Crippen molar-refractivity contribution >= 4 is 61.9 Å². The van der Waals surface area contributed by atoms with Gasteiger partial charge in [-0.05, 0) is 36.6 Å². The molecule has 1 saturated carbocycles. The average molecular weight is 549 g/mol. The summed E-state index contributed by atoms with van der Waals surface area (Å²) in [6.45, 7) is -0.417. The number of para-hydroxylation sites is 1. The van der Waals surface area contributed by atoms with Crippen LogP contribution < -0.4 is 5.32 Å². The fourth-order valence-electron chi connectivity index (χ4n) is 4.90. The number of aromatic nitrogens is 5. The van der Waals surface area contributed by atoms with Gasteiger partial charge in [-0.3, -0.25) is 4.57 Å². The predicted molar refractivity (Wildman–Crippen MR) is 138 cm³/mol. The van der Waals surface area contributed by atoms with Gasteiger partial charge in [0.25, 0.3) is 0 Å². The normalized spacial score (nSPS) is 28.8. The van der Waals surface area contributed by atoms with E-state index in [1.54, 1.807) is 23.1 Å². The van der Waals surface area contributed by atoms with Gasteiger partial charge < -0.3 is 25.4 Å². The van der Waals surface area contributed by atoms with E-state index in [9.17, 15) is 15.3 Å². The fraction of sp³-hybridized carbons (Fsp3) is 0.478. The highest BCUT2D eigenvalue weighted by Gasteiger charge is 2.44. The van der Waals surface area contributed by atoms with Gasteiger partial charge in [0.15, 0.2) is 27.5 Å². The standard InChI is InChI=1S/C23H25ClN6O4S2/c24-22-28-19(16-20(29-22)30(10-25-16)21-18(33)17(32)13(9-31)34-21)26-11-5-1-3-7-14(11)35-23-27-12-6-2-4-8-15(12)36-23/h2,4,6,8,10-11,13-14,17-18,21,31-33H,1,3,5,7,9H2,(H,26,28,29)/t11-,13+,14+,17+,18+,21+/m0/s1. The molecule has 0 unspecified atom stereocenters. The number of hydrogen-bond acceptors (Lipinski definition) is 11. The van der Waals surface area contributed by atoms with E-state index in [0.717, 1.165) is 35.5 Å². The zero-order valence-corrected chi connectivity index (χ0v) is 21.5. The summed E-state index contributed by atoms with van der Waals surface area (Å²) in [6.07, 6.45) is 1.42. The van der Waals surface area contributed by atoms with E-state index in [4.69, 9.17) is 21.3 Å². The maximum Gasteiger partial charge on any atom is 0.226 e. The van der Waals surface area contributed by atoms with Crippen molar-refractivity contribution in [1.82, 2.24) is 24.5 Å². The predicted octanol–water partition coefficient (Wildman–Crippen LogP) is 3.22. The van der Waals surface area contributed by atoms with E-state index in [2.05, 4.69) is 26.3 Å². The van der Waals surface area contributed by atoms with Gasteiger partial charge in [-0.2, -0.15) is 9.97 Å². The maximum atomic E-state index is 10.5. The summed E-state index contributed by atoms with van der Waals surface area (Å²) in [5.74, 6) is 0.511. The number of nitrogens with one attached hydrogen (secondary N) is 1. The summed E-state index contributed by atoms with van der Waals surface area (Å²) >= 11 is 9.80. The zero-order chi connectivity index (χ0) is 24.8. The molecule has 1 aromatic carbocycles. The molecule has 0 radical (unpaired) electrons. The minimum atomic E-state index is -1.25. The third-order valence-electron chi connectivity index (χ3n) is 6.74. The van der Waals surface area contributed by atoms with Crippen LogP contribution >= 0.6 is 34.7 Å². The van der Waals surface area contributed by atoms with Crippen LogP contribution in [0.15, 0.2) is 34.9 Å². The summed E-state index contributed by atoms with van der Waals surface area (Å²) in [5.41, 5.74) is 1.88. The van der Waals surface area contributed by atoms with Crippen molar-refractivity contribution in [2.75, 3.05) is 11.9 Å². The lowest BCUT2D eigenvalue weighted by Crippen LogP contribution is -2.34. The van der Waals surface area contributed by atoms with Crippen molar-refractivity contribution in [3.05, 3.63) is 35.9 Å². The van der Waals surface area contributed by atoms with Crippen LogP contribution in [0.1, 0.15) is 31.9 Å². The van der Waals surface area contributed by atoms with Crippen LogP contribution in [-0.4, -0.2) is 76.0 Å². The number of imidazole rings is 1. The minimum absolute atomic E-state index is 0.0321. The Kier molecular flexibility index (Phi) is 6.75. The highest BCUT2D eigenvalue weighted by Crippen LogP contribution is 2.39. The molecule has 0 amide bonds. The molecule has 6 atom stereocenters. The Hall–Kier alpha value is -2.06. The number of rotatable bonds is 6. The molecule has 2 aliphatic rings. The van der Waals surface area contributed by atoms with Crippen molar-refractivity contribution in [2.24, 2.45) is 0 Å². The number of halogens is 1. The van der Waals surface area contributed by atoms with Crippen molar-refractivity contribution < 1.29 is 20.1 Å². The highest BCUT2D eigenvalue weighted by atomic mass is 35.5. The van der Waals surface area contributed by atoms with Crippen molar-refractivity contribution in [3.63, 3.8) is 0 Å². The molecule has 190 valence electrons. The maximum absolute atomic E-state index is 10.5. The monoisotopic (exact) mass is 548 g/mol. The van der Waals surface area contributed by atoms with Crippen LogP contribution in [0.3, 0.4) is 0 Å². The lowest BCUT2D eigenvalue weighted by atomic mass is 9.95. The number of nitrogens with zero attached hydrogens (tertiary/aromatic N) is 5. The topological polar surface area (TPSA) is 138 Å². The van der Waals surface area contributed by atoms with Crippen LogP contribution in [-0.2, 0) is 4.74 Å². The highest BCUT2D eigenvalue weighted by molar-refractivity contribution is 8.01. The third-order valence-corrected chi connectivity index (χ3v) is 9.44. The molecule has 10 nitrogen and oxygen atoms in total. The molecule has 1 aliphatic carbocycles. The molecular weight excluding hydrogens is 524 g/mol. The van der Waals surface area contributed by atoms with Gasteiger partial charge in [0, 0.05) is 11.3 Å². The number of anilines is 1. The Balaban J connectivity index is 1.27. The van der Waals surface area contributed by atoms with Gasteiger partial charge in [0.05, 0.1) is 23.2 Å². The summed E-state index contributed by atoms with van der Waals surface area (Å²) in [5, 5.41) is 34.0. The molecule has 1 aliphatic heterocycles. The van der Waals surface area contributed by atoms with E-state index in [1.165, 1.54) is 15.6 Å². The Labute approximate surface area is 219 Å². The lowest BCUT2D eigenvalue weighted by molar-refractivity contribution is -0.0511. The number of ether oxygens (including phenoxy) is 1. The second-order valence-corrected chi connectivity index (χ2v) is 11.9. The largest absolute Gasteiger partial charge is 0.394 e. The zero-order valence-electron chi connectivity index (χ0n) is 19.1. The van der Waals surface area contributed by atoms with Gasteiger partial charge >= 0.3 is 0 Å². The van der Waals surface area contributed by atoms with Crippen molar-refractivity contribution in [1.29, 1.82) is 0 Å². The van der Waals surface area contributed by atoms with Gasteiger partial charge in [-0.15, -0.1) is 11.3 Å². The molecular formula is C23H25ClN6O4S2. The summed E-state index contributed by atoms with van der Waals surface area (Å²) in [6, 6.07) is 8.30. The first-order chi connectivity index (χ1) is 17.5. The van der Waals surface area contributed by atoms with Gasteiger partial charge in [-0.1, -0.05) is 36.7 Å². The third kappa shape index (κ3) is 4.44. The first kappa shape index (κ1) is 24.3. The van der Waals surface area contributed by atoms with Crippen molar-refractivity contribution in [3.8, 4) is 0 Å². The molecule has 36 heavy (non-hydrogen) atoms. The Morgan fingerprint density at radius 1 is 1.14 bits per heavy atom. The second-order valence-electron chi connectivity index (χ2n) is 9.03. The number of benzene rings is 1. The SMILES string of the molecule is OC[C@H]1O[C@@H](n2cnc3c(N[C@H]4CCCC[C@H]4Sc4nc5ccccc5s4)nc(Cl)nc32)[C@H](O)[C@@H]1O. The first-order valence-electron chi connectivity index (χ1n) is 11.8. The van der Waals surface area contributed by atoms with Crippen LogP contribution in [0.4, 0.5) is 5.82 Å². The number of aliphatic hydroxyl groups is 3. The molecule has 1 saturated heterocycles. The first-order valence-corrected chi connectivity index (χ1v) is 13.9. The molecule has 0 spiro atoms. The van der Waals surface area contributed by atoms with E-state index < -0.39 is 31.1 Å². The van der Waals surface area contributed by atoms with E-state index >= 15 is 0 Å². The molecule has 13 heteroatoms. The Bertz CT molecular complexity index is 1350. The van der Waals surface area contributed by atoms with Crippen LogP contribution in [0.25, 0.3) is 21.4 Å². The quantitative estimate of drug-likeness (QED) is 0.266. The molecule has 4 N–H and O–H groups in total. The minimum Gasteiger partial charge on any atom is -0.394 e. The summed E-state index contributed by atoms with van der Waals surface area (Å²) < 4.78 is 9.42. The van der Waals surface area contributed by atoms with Crippen LogP contribution in [0, 0.1) is 0 Å². The molecule has 4 heterocycles. The molecule has 2 fully saturated rings. The van der Waals surface area contributed by atoms with Gasteiger partial charge in [0.2, 0.25) is 5.28 Å². The number of thiazole rings is 1. The summed E-state index contributed by atoms with van der Waals surface area (Å²) in [7, 11) is 0. The molecule has 0 bridgehead atoms. The Morgan fingerprint density at radius 2 is 1.97 bits per heavy atom. The average Bonchev–Trinajstić information content (AvgIpc) is 3.56. The van der Waals surface area contributed by atoms with E-state index in [1.807, 2.05) is 18.2 Å². The number of aliphatic hydroxyl groups excluding tert-OH is 3. The van der Waals surface area contributed by atoms with Gasteiger partial charge in [-0.25, -0.2) is 9.97 Å². The number of hydrogen-bond donors (Lipinski definition) is 4. The fourth-order valence-corrected chi connectivity index (χ4v) is 7.65. The van der Waals surface area contributed by atoms with Crippen LogP contribution in [0.5, 0.6) is 0 Å². The van der Waals surface area contributed by atoms with Gasteiger partial charge in [0.1, 0.15) is 18.3 Å². The lowest BCUT2D eigenvalue weighted by Gasteiger charge is -2.31. The molecule has 6 rings (SSSR count).